The van der Waals surface area contributed by atoms with Gasteiger partial charge in [0.1, 0.15) is 0 Å². The Labute approximate surface area is 126 Å². The number of halogens is 7. The molecule has 0 amide bonds. The molecule has 0 bridgehead atoms. The van der Waals surface area contributed by atoms with Crippen molar-refractivity contribution in [1.82, 2.24) is 0 Å². The predicted molar refractivity (Wildman–Crippen MR) is 65.4 cm³/mol. The van der Waals surface area contributed by atoms with Crippen LogP contribution in [0.3, 0.4) is 0 Å². The molecular formula is C11H7ClF6O3S. The van der Waals surface area contributed by atoms with Crippen LogP contribution in [0.15, 0.2) is 36.1 Å². The number of hydrogen-bond donors (Lipinski definition) is 0. The van der Waals surface area contributed by atoms with E-state index in [0.29, 0.717) is 5.02 Å². The molecule has 1 rings (SSSR count). The predicted octanol–water partition coefficient (Wildman–Crippen LogP) is 4.19. The van der Waals surface area contributed by atoms with E-state index >= 15 is 0 Å². The van der Waals surface area contributed by atoms with Crippen molar-refractivity contribution in [2.45, 2.75) is 18.1 Å². The second-order valence-corrected chi connectivity index (χ2v) is 5.85. The minimum absolute atomic E-state index is 0.201. The molecule has 1 aromatic rings. The quantitative estimate of drug-likeness (QED) is 0.346. The summed E-state index contributed by atoms with van der Waals surface area (Å²) in [4.78, 5) is 0. The molecule has 11 heteroatoms. The lowest BCUT2D eigenvalue weighted by atomic mass is 10.1. The number of allylic oxidation sites excluding steroid dienone is 2. The smallest absolute Gasteiger partial charge is 0.371 e. The Hall–Kier alpha value is -1.42. The Kier molecular flexibility index (Phi) is 5.39. The largest absolute Gasteiger partial charge is 0.534 e. The molecule has 0 fully saturated rings. The molecule has 0 aliphatic heterocycles. The summed E-state index contributed by atoms with van der Waals surface area (Å²) < 4.78 is 98.4. The first-order chi connectivity index (χ1) is 9.83. The number of alkyl halides is 6. The van der Waals surface area contributed by atoms with Crippen LogP contribution in [0.4, 0.5) is 26.3 Å². The first-order valence-electron chi connectivity index (χ1n) is 5.35. The number of benzene rings is 1. The van der Waals surface area contributed by atoms with Gasteiger partial charge < -0.3 is 4.18 Å². The summed E-state index contributed by atoms with van der Waals surface area (Å²) in [5.41, 5.74) is -5.70. The van der Waals surface area contributed by atoms with Gasteiger partial charge in [0.2, 0.25) is 5.76 Å². The molecule has 0 atom stereocenters. The van der Waals surface area contributed by atoms with Gasteiger partial charge >= 0.3 is 21.8 Å². The lowest BCUT2D eigenvalue weighted by Crippen LogP contribution is -2.29. The zero-order valence-corrected chi connectivity index (χ0v) is 11.9. The second-order valence-electron chi connectivity index (χ2n) is 3.88. The van der Waals surface area contributed by atoms with E-state index < -0.39 is 34.0 Å². The van der Waals surface area contributed by atoms with E-state index in [2.05, 4.69) is 4.18 Å². The van der Waals surface area contributed by atoms with Crippen molar-refractivity contribution < 1.29 is 38.9 Å². The first-order valence-corrected chi connectivity index (χ1v) is 7.14. The third-order valence-corrected chi connectivity index (χ3v) is 3.42. The minimum atomic E-state index is -6.40. The highest BCUT2D eigenvalue weighted by Crippen LogP contribution is 2.33. The molecule has 0 aliphatic carbocycles. The maximum Gasteiger partial charge on any atom is 0.534 e. The minimum Gasteiger partial charge on any atom is -0.371 e. The number of hydrogen-bond acceptors (Lipinski definition) is 3. The van der Waals surface area contributed by atoms with Gasteiger partial charge in [-0.15, -0.1) is 0 Å². The Morgan fingerprint density at radius 2 is 1.59 bits per heavy atom. The monoisotopic (exact) mass is 368 g/mol. The molecule has 0 radical (unpaired) electrons. The summed E-state index contributed by atoms with van der Waals surface area (Å²) in [6.07, 6.45) is -5.70. The average Bonchev–Trinajstić information content (AvgIpc) is 2.33. The fourth-order valence-corrected chi connectivity index (χ4v) is 1.81. The zero-order chi connectivity index (χ0) is 17.2. The van der Waals surface area contributed by atoms with Crippen molar-refractivity contribution in [3.8, 4) is 0 Å². The van der Waals surface area contributed by atoms with Gasteiger partial charge in [0.25, 0.3) is 0 Å². The van der Waals surface area contributed by atoms with Crippen molar-refractivity contribution >= 4 is 21.7 Å². The molecular weight excluding hydrogens is 362 g/mol. The van der Waals surface area contributed by atoms with Crippen molar-refractivity contribution in [2.24, 2.45) is 0 Å². The topological polar surface area (TPSA) is 43.4 Å². The molecule has 0 aromatic heterocycles. The molecule has 1 aromatic carbocycles. The molecule has 0 unspecified atom stereocenters. The molecule has 124 valence electrons. The van der Waals surface area contributed by atoms with Crippen LogP contribution in [0.25, 0.3) is 0 Å². The van der Waals surface area contributed by atoms with Gasteiger partial charge in [0.05, 0.1) is 0 Å². The van der Waals surface area contributed by atoms with Gasteiger partial charge in [-0.25, -0.2) is 0 Å². The highest BCUT2D eigenvalue weighted by molar-refractivity contribution is 7.87. The number of rotatable bonds is 4. The molecule has 0 saturated heterocycles. The zero-order valence-electron chi connectivity index (χ0n) is 10.4. The Morgan fingerprint density at radius 3 is 2.00 bits per heavy atom. The SMILES string of the molecule is O=S(=O)(OC(=CCc1ccc(Cl)cc1)C(F)(F)F)C(F)(F)F. The molecule has 0 aliphatic rings. The van der Waals surface area contributed by atoms with E-state index in [1.165, 1.54) is 24.3 Å². The Bertz CT molecular complexity index is 646. The van der Waals surface area contributed by atoms with Gasteiger partial charge in [-0.05, 0) is 30.2 Å². The molecule has 0 heterocycles. The van der Waals surface area contributed by atoms with E-state index in [1.807, 2.05) is 0 Å². The van der Waals surface area contributed by atoms with Crippen molar-refractivity contribution in [3.05, 3.63) is 46.7 Å². The third-order valence-electron chi connectivity index (χ3n) is 2.20. The van der Waals surface area contributed by atoms with Crippen LogP contribution in [-0.4, -0.2) is 20.1 Å². The second kappa shape index (κ2) is 6.37. The summed E-state index contributed by atoms with van der Waals surface area (Å²) in [7, 11) is -6.40. The van der Waals surface area contributed by atoms with Crippen LogP contribution in [0.5, 0.6) is 0 Å². The van der Waals surface area contributed by atoms with Gasteiger partial charge in [-0.3, -0.25) is 0 Å². The Morgan fingerprint density at radius 1 is 1.09 bits per heavy atom. The van der Waals surface area contributed by atoms with Crippen LogP contribution < -0.4 is 0 Å². The van der Waals surface area contributed by atoms with E-state index in [4.69, 9.17) is 11.6 Å². The summed E-state index contributed by atoms with van der Waals surface area (Å²) in [5, 5.41) is 0.305. The summed E-state index contributed by atoms with van der Waals surface area (Å²) in [6.45, 7) is 0. The standard InChI is InChI=1S/C11H7ClF6O3S/c12-8-4-1-7(2-5-8)3-6-9(10(13,14)15)21-22(19,20)11(16,17)18/h1-2,4-6H,3H2. The van der Waals surface area contributed by atoms with Crippen molar-refractivity contribution in [3.63, 3.8) is 0 Å². The van der Waals surface area contributed by atoms with Crippen LogP contribution in [0.2, 0.25) is 5.02 Å². The van der Waals surface area contributed by atoms with Gasteiger partial charge in [-0.2, -0.15) is 34.8 Å². The molecule has 22 heavy (non-hydrogen) atoms. The lowest BCUT2D eigenvalue weighted by Gasteiger charge is -2.14. The fraction of sp³-hybridized carbons (Fsp3) is 0.273. The normalized spacial score (nSPS) is 14.0. The van der Waals surface area contributed by atoms with E-state index in [1.54, 1.807) is 0 Å². The van der Waals surface area contributed by atoms with Crippen LogP contribution in [-0.2, 0) is 20.7 Å². The maximum atomic E-state index is 12.6. The van der Waals surface area contributed by atoms with E-state index in [0.717, 1.165) is 0 Å². The van der Waals surface area contributed by atoms with Crippen LogP contribution in [0, 0.1) is 0 Å². The summed E-state index contributed by atoms with van der Waals surface area (Å²) in [5.74, 6) is -2.26. The lowest BCUT2D eigenvalue weighted by molar-refractivity contribution is -0.120. The van der Waals surface area contributed by atoms with Crippen molar-refractivity contribution in [2.75, 3.05) is 0 Å². The molecule has 0 N–H and O–H groups in total. The first kappa shape index (κ1) is 18.6. The van der Waals surface area contributed by atoms with Gasteiger partial charge in [0, 0.05) is 5.02 Å². The van der Waals surface area contributed by atoms with Crippen LogP contribution >= 0.6 is 11.6 Å². The summed E-state index contributed by atoms with van der Waals surface area (Å²) >= 11 is 5.56. The molecule has 0 spiro atoms. The highest BCUT2D eigenvalue weighted by atomic mass is 35.5. The Balaban J connectivity index is 3.04. The van der Waals surface area contributed by atoms with E-state index in [-0.39, 0.29) is 11.6 Å². The highest BCUT2D eigenvalue weighted by Gasteiger charge is 2.51. The third kappa shape index (κ3) is 5.09. The van der Waals surface area contributed by atoms with Gasteiger partial charge in [0.15, 0.2) is 0 Å². The van der Waals surface area contributed by atoms with Crippen molar-refractivity contribution in [1.29, 1.82) is 0 Å². The van der Waals surface area contributed by atoms with Gasteiger partial charge in [-0.1, -0.05) is 23.7 Å². The average molecular weight is 369 g/mol. The fourth-order valence-electron chi connectivity index (χ4n) is 1.19. The van der Waals surface area contributed by atoms with Crippen LogP contribution in [0.1, 0.15) is 5.56 Å². The molecule has 0 saturated carbocycles. The maximum absolute atomic E-state index is 12.6. The molecule has 3 nitrogen and oxygen atoms in total. The van der Waals surface area contributed by atoms with E-state index in [9.17, 15) is 34.8 Å². The summed E-state index contributed by atoms with van der Waals surface area (Å²) in [6, 6.07) is 5.35.